The number of hydrogen-bond acceptors (Lipinski definition) is 8. The second-order valence-corrected chi connectivity index (χ2v) is 8.14. The molecule has 2 atom stereocenters. The molecule has 8 nitrogen and oxygen atoms in total. The van der Waals surface area contributed by atoms with E-state index in [1.165, 1.54) is 5.56 Å². The van der Waals surface area contributed by atoms with Crippen molar-refractivity contribution in [2.45, 2.75) is 24.9 Å². The van der Waals surface area contributed by atoms with Crippen molar-refractivity contribution in [3.63, 3.8) is 0 Å². The molecule has 0 radical (unpaired) electrons. The van der Waals surface area contributed by atoms with E-state index in [0.717, 1.165) is 24.9 Å². The number of hydrogen-bond donors (Lipinski definition) is 3. The Morgan fingerprint density at radius 2 is 1.84 bits per heavy atom. The molecule has 1 fully saturated rings. The number of aliphatic hydroxyl groups is 1. The van der Waals surface area contributed by atoms with Crippen LogP contribution in [-0.2, 0) is 6.42 Å². The van der Waals surface area contributed by atoms with Crippen LogP contribution in [0.25, 0.3) is 11.4 Å². The fourth-order valence-corrected chi connectivity index (χ4v) is 4.45. The molecular formula is C23H26N6O2. The minimum absolute atomic E-state index is 0.0337. The molecule has 8 heteroatoms. The molecule has 3 heterocycles. The average Bonchev–Trinajstić information content (AvgIpc) is 3.24. The fourth-order valence-electron chi connectivity index (χ4n) is 4.45. The maximum absolute atomic E-state index is 10.2. The summed E-state index contributed by atoms with van der Waals surface area (Å²) in [6, 6.07) is 15.0. The number of phenolic OH excluding ortho intramolecular Hbond substituents is 1. The number of phenols is 1. The van der Waals surface area contributed by atoms with Crippen LogP contribution in [0.5, 0.6) is 5.75 Å². The average molecular weight is 419 g/mol. The molecule has 2 unspecified atom stereocenters. The predicted octanol–water partition coefficient (Wildman–Crippen LogP) is 1.88. The summed E-state index contributed by atoms with van der Waals surface area (Å²) in [6.07, 6.45) is 1.74. The quantitative estimate of drug-likeness (QED) is 0.589. The number of anilines is 2. The molecule has 0 aliphatic carbocycles. The number of aromatic nitrogens is 3. The Balaban J connectivity index is 1.60. The Morgan fingerprint density at radius 1 is 1.00 bits per heavy atom. The lowest BCUT2D eigenvalue weighted by atomic mass is 9.93. The van der Waals surface area contributed by atoms with Crippen molar-refractivity contribution in [3.05, 3.63) is 59.7 Å². The zero-order valence-electron chi connectivity index (χ0n) is 17.2. The van der Waals surface area contributed by atoms with Gasteiger partial charge < -0.3 is 25.7 Å². The summed E-state index contributed by atoms with van der Waals surface area (Å²) in [4.78, 5) is 18.4. The van der Waals surface area contributed by atoms with Crippen LogP contribution in [0.2, 0.25) is 0 Å². The van der Waals surface area contributed by atoms with E-state index in [9.17, 15) is 10.2 Å². The van der Waals surface area contributed by atoms with Crippen LogP contribution in [0.1, 0.15) is 23.6 Å². The molecule has 2 aliphatic rings. The van der Waals surface area contributed by atoms with Gasteiger partial charge in [-0.25, -0.2) is 0 Å². The van der Waals surface area contributed by atoms with E-state index in [0.29, 0.717) is 36.4 Å². The van der Waals surface area contributed by atoms with E-state index in [4.69, 9.17) is 20.7 Å². The van der Waals surface area contributed by atoms with Gasteiger partial charge >= 0.3 is 0 Å². The zero-order chi connectivity index (χ0) is 21.4. The highest BCUT2D eigenvalue weighted by atomic mass is 16.3. The van der Waals surface area contributed by atoms with Crippen molar-refractivity contribution in [1.82, 2.24) is 15.0 Å². The Labute approximate surface area is 181 Å². The van der Waals surface area contributed by atoms with Gasteiger partial charge in [-0.2, -0.15) is 15.0 Å². The van der Waals surface area contributed by atoms with Gasteiger partial charge in [0.1, 0.15) is 5.75 Å². The second kappa shape index (κ2) is 8.13. The molecule has 0 spiro atoms. The Bertz CT molecular complexity index is 1090. The van der Waals surface area contributed by atoms with Gasteiger partial charge in [-0.05, 0) is 36.1 Å². The maximum Gasteiger partial charge on any atom is 0.231 e. The standard InChI is InChI=1S/C23H26N6O2/c24-17-9-10-28(13-17)22-25-21(16-5-3-6-18(31)12-16)26-23(27-22)29-11-8-15-4-1-2-7-19(15)20(29)14-30/h1-7,12,17,20,30-31H,8-11,13-14,24H2. The van der Waals surface area contributed by atoms with Crippen molar-refractivity contribution >= 4 is 11.9 Å². The van der Waals surface area contributed by atoms with E-state index in [1.807, 2.05) is 18.2 Å². The molecule has 31 heavy (non-hydrogen) atoms. The van der Waals surface area contributed by atoms with Crippen LogP contribution in [-0.4, -0.2) is 57.4 Å². The highest BCUT2D eigenvalue weighted by Crippen LogP contribution is 2.34. The second-order valence-electron chi connectivity index (χ2n) is 8.14. The molecule has 2 aliphatic heterocycles. The zero-order valence-corrected chi connectivity index (χ0v) is 17.2. The number of nitrogens with zero attached hydrogens (tertiary/aromatic N) is 5. The lowest BCUT2D eigenvalue weighted by molar-refractivity contribution is 0.256. The summed E-state index contributed by atoms with van der Waals surface area (Å²) < 4.78 is 0. The molecule has 5 rings (SSSR count). The van der Waals surface area contributed by atoms with Gasteiger partial charge in [-0.1, -0.05) is 36.4 Å². The SMILES string of the molecule is NC1CCN(c2nc(-c3cccc(O)c3)nc(N3CCc4ccccc4C3CO)n2)C1. The third-order valence-electron chi connectivity index (χ3n) is 6.07. The predicted molar refractivity (Wildman–Crippen MR) is 119 cm³/mol. The van der Waals surface area contributed by atoms with Gasteiger partial charge in [-0.3, -0.25) is 0 Å². The maximum atomic E-state index is 10.2. The summed E-state index contributed by atoms with van der Waals surface area (Å²) in [5.41, 5.74) is 9.17. The summed E-state index contributed by atoms with van der Waals surface area (Å²) in [5, 5.41) is 20.2. The molecule has 1 aromatic heterocycles. The van der Waals surface area contributed by atoms with E-state index >= 15 is 0 Å². The van der Waals surface area contributed by atoms with Gasteiger partial charge in [0.2, 0.25) is 11.9 Å². The molecule has 2 aromatic carbocycles. The summed E-state index contributed by atoms with van der Waals surface area (Å²) in [7, 11) is 0. The van der Waals surface area contributed by atoms with Gasteiger partial charge in [-0.15, -0.1) is 0 Å². The van der Waals surface area contributed by atoms with Crippen molar-refractivity contribution in [2.75, 3.05) is 36.0 Å². The Morgan fingerprint density at radius 3 is 2.61 bits per heavy atom. The fraction of sp³-hybridized carbons (Fsp3) is 0.348. The van der Waals surface area contributed by atoms with Crippen molar-refractivity contribution in [3.8, 4) is 17.1 Å². The van der Waals surface area contributed by atoms with E-state index in [-0.39, 0.29) is 24.4 Å². The van der Waals surface area contributed by atoms with E-state index < -0.39 is 0 Å². The van der Waals surface area contributed by atoms with Gasteiger partial charge in [0.05, 0.1) is 12.6 Å². The number of fused-ring (bicyclic) bond motifs is 1. The highest BCUT2D eigenvalue weighted by molar-refractivity contribution is 5.61. The lowest BCUT2D eigenvalue weighted by Crippen LogP contribution is -2.39. The molecule has 4 N–H and O–H groups in total. The first-order valence-electron chi connectivity index (χ1n) is 10.6. The highest BCUT2D eigenvalue weighted by Gasteiger charge is 2.30. The molecule has 160 valence electrons. The largest absolute Gasteiger partial charge is 0.508 e. The molecular weight excluding hydrogens is 392 g/mol. The summed E-state index contributed by atoms with van der Waals surface area (Å²) >= 11 is 0. The molecule has 3 aromatic rings. The normalized spacial score (nSPS) is 20.7. The van der Waals surface area contributed by atoms with Crippen molar-refractivity contribution in [1.29, 1.82) is 0 Å². The van der Waals surface area contributed by atoms with E-state index in [2.05, 4.69) is 21.9 Å². The van der Waals surface area contributed by atoms with Crippen LogP contribution in [0.4, 0.5) is 11.9 Å². The third-order valence-corrected chi connectivity index (χ3v) is 6.07. The van der Waals surface area contributed by atoms with Crippen LogP contribution in [0.15, 0.2) is 48.5 Å². The Kier molecular flexibility index (Phi) is 5.17. The Hall–Kier alpha value is -3.23. The first-order chi connectivity index (χ1) is 15.1. The number of rotatable bonds is 4. The van der Waals surface area contributed by atoms with Crippen molar-refractivity contribution in [2.24, 2.45) is 5.73 Å². The number of aliphatic hydroxyl groups excluding tert-OH is 1. The molecule has 0 amide bonds. The first-order valence-corrected chi connectivity index (χ1v) is 10.6. The minimum atomic E-state index is -0.224. The summed E-state index contributed by atoms with van der Waals surface area (Å²) in [5.74, 6) is 1.75. The van der Waals surface area contributed by atoms with Crippen LogP contribution < -0.4 is 15.5 Å². The number of aromatic hydroxyl groups is 1. The number of benzene rings is 2. The monoisotopic (exact) mass is 418 g/mol. The molecule has 0 bridgehead atoms. The van der Waals surface area contributed by atoms with Crippen LogP contribution in [0, 0.1) is 0 Å². The van der Waals surface area contributed by atoms with Gasteiger partial charge in [0.15, 0.2) is 5.82 Å². The van der Waals surface area contributed by atoms with Gasteiger partial charge in [0.25, 0.3) is 0 Å². The topological polar surface area (TPSA) is 112 Å². The van der Waals surface area contributed by atoms with Crippen LogP contribution in [0.3, 0.4) is 0 Å². The number of nitrogens with two attached hydrogens (primary N) is 1. The van der Waals surface area contributed by atoms with E-state index in [1.54, 1.807) is 18.2 Å². The lowest BCUT2D eigenvalue weighted by Gasteiger charge is -2.36. The van der Waals surface area contributed by atoms with Crippen molar-refractivity contribution < 1.29 is 10.2 Å². The minimum Gasteiger partial charge on any atom is -0.508 e. The van der Waals surface area contributed by atoms with Crippen LogP contribution >= 0.6 is 0 Å². The first kappa shape index (κ1) is 19.7. The smallest absolute Gasteiger partial charge is 0.231 e. The summed E-state index contributed by atoms with van der Waals surface area (Å²) in [6.45, 7) is 2.14. The molecule has 0 saturated carbocycles. The molecule has 1 saturated heterocycles. The van der Waals surface area contributed by atoms with Gasteiger partial charge in [0, 0.05) is 31.2 Å². The third kappa shape index (κ3) is 3.80.